The number of hydrogen-bond acceptors (Lipinski definition) is 3. The lowest BCUT2D eigenvalue weighted by Gasteiger charge is -2.05. The van der Waals surface area contributed by atoms with Gasteiger partial charge >= 0.3 is 0 Å². The summed E-state index contributed by atoms with van der Waals surface area (Å²) in [6.07, 6.45) is 0. The molecule has 0 heterocycles. The molecule has 2 aromatic carbocycles. The Hall–Kier alpha value is -2.21. The summed E-state index contributed by atoms with van der Waals surface area (Å²) in [5.74, 6) is -0.343. The first-order valence-corrected chi connectivity index (χ1v) is 6.63. The number of halogens is 1. The monoisotopic (exact) mass is 334 g/mol. The fourth-order valence-corrected chi connectivity index (χ4v) is 2.07. The summed E-state index contributed by atoms with van der Waals surface area (Å²) in [6, 6.07) is 13.7. The minimum Gasteiger partial charge on any atom is -0.348 e. The van der Waals surface area contributed by atoms with Crippen LogP contribution in [0.1, 0.15) is 15.9 Å². The molecule has 20 heavy (non-hydrogen) atoms. The van der Waals surface area contributed by atoms with Crippen LogP contribution < -0.4 is 5.32 Å². The van der Waals surface area contributed by atoms with Crippen molar-refractivity contribution in [3.05, 3.63) is 74.2 Å². The lowest BCUT2D eigenvalue weighted by Crippen LogP contribution is -2.22. The van der Waals surface area contributed by atoms with Crippen LogP contribution in [-0.2, 0) is 6.54 Å². The molecular formula is C14H11BrN2O3. The molecule has 0 aromatic heterocycles. The first kappa shape index (κ1) is 14.2. The zero-order chi connectivity index (χ0) is 14.5. The highest BCUT2D eigenvalue weighted by molar-refractivity contribution is 9.10. The zero-order valence-corrected chi connectivity index (χ0v) is 12.0. The molecule has 0 bridgehead atoms. The largest absolute Gasteiger partial charge is 0.348 e. The lowest BCUT2D eigenvalue weighted by atomic mass is 10.1. The fourth-order valence-electron chi connectivity index (χ4n) is 1.67. The Labute approximate surface area is 123 Å². The van der Waals surface area contributed by atoms with E-state index < -0.39 is 4.92 Å². The Morgan fingerprint density at radius 1 is 1.20 bits per heavy atom. The minimum absolute atomic E-state index is 0.127. The second-order valence-corrected chi connectivity index (χ2v) is 4.95. The fraction of sp³-hybridized carbons (Fsp3) is 0.0714. The molecular weight excluding hydrogens is 324 g/mol. The van der Waals surface area contributed by atoms with Crippen LogP contribution in [0, 0.1) is 10.1 Å². The van der Waals surface area contributed by atoms with E-state index in [0.717, 1.165) is 5.56 Å². The van der Waals surface area contributed by atoms with Gasteiger partial charge in [0.05, 0.1) is 9.40 Å². The molecule has 0 unspecified atom stereocenters. The van der Waals surface area contributed by atoms with Crippen LogP contribution >= 0.6 is 15.9 Å². The van der Waals surface area contributed by atoms with Crippen molar-refractivity contribution < 1.29 is 9.72 Å². The van der Waals surface area contributed by atoms with Gasteiger partial charge in [-0.2, -0.15) is 0 Å². The molecule has 1 amide bonds. The van der Waals surface area contributed by atoms with Crippen LogP contribution in [0.5, 0.6) is 0 Å². The van der Waals surface area contributed by atoms with Crippen LogP contribution in [0.25, 0.3) is 0 Å². The molecule has 0 saturated heterocycles. The van der Waals surface area contributed by atoms with Crippen molar-refractivity contribution in [2.75, 3.05) is 0 Å². The summed E-state index contributed by atoms with van der Waals surface area (Å²) in [5.41, 5.74) is 1.10. The maximum atomic E-state index is 12.0. The normalized spacial score (nSPS) is 10.1. The van der Waals surface area contributed by atoms with Gasteiger partial charge in [-0.25, -0.2) is 0 Å². The van der Waals surface area contributed by atoms with Crippen molar-refractivity contribution in [1.29, 1.82) is 0 Å². The number of nitrogens with one attached hydrogen (secondary N) is 1. The summed E-state index contributed by atoms with van der Waals surface area (Å²) in [4.78, 5) is 22.2. The van der Waals surface area contributed by atoms with Crippen LogP contribution in [0.15, 0.2) is 53.0 Å². The second kappa shape index (κ2) is 6.29. The van der Waals surface area contributed by atoms with Gasteiger partial charge in [-0.15, -0.1) is 0 Å². The lowest BCUT2D eigenvalue weighted by molar-refractivity contribution is -0.385. The van der Waals surface area contributed by atoms with Crippen LogP contribution in [-0.4, -0.2) is 10.8 Å². The van der Waals surface area contributed by atoms with E-state index >= 15 is 0 Å². The quantitative estimate of drug-likeness (QED) is 0.688. The van der Waals surface area contributed by atoms with E-state index in [1.807, 2.05) is 30.3 Å². The van der Waals surface area contributed by atoms with E-state index in [4.69, 9.17) is 0 Å². The number of nitrogens with zero attached hydrogens (tertiary/aromatic N) is 1. The Balaban J connectivity index is 2.10. The Kier molecular flexibility index (Phi) is 4.47. The van der Waals surface area contributed by atoms with E-state index in [1.165, 1.54) is 18.2 Å². The van der Waals surface area contributed by atoms with Gasteiger partial charge in [-0.1, -0.05) is 30.3 Å². The number of carbonyl (C=O) groups is 1. The Morgan fingerprint density at radius 2 is 1.90 bits per heavy atom. The van der Waals surface area contributed by atoms with Gasteiger partial charge in [0.1, 0.15) is 0 Å². The SMILES string of the molecule is O=C(NCc1ccccc1)c1ccc(Br)c([N+](=O)[O-])c1. The van der Waals surface area contributed by atoms with Crippen LogP contribution in [0.3, 0.4) is 0 Å². The summed E-state index contributed by atoms with van der Waals surface area (Å²) >= 11 is 3.08. The molecule has 0 radical (unpaired) electrons. The van der Waals surface area contributed by atoms with Crippen molar-refractivity contribution in [3.8, 4) is 0 Å². The van der Waals surface area contributed by atoms with E-state index in [2.05, 4.69) is 21.2 Å². The van der Waals surface area contributed by atoms with Crippen molar-refractivity contribution >= 4 is 27.5 Å². The van der Waals surface area contributed by atoms with E-state index in [9.17, 15) is 14.9 Å². The number of benzene rings is 2. The Bertz CT molecular complexity index is 644. The highest BCUT2D eigenvalue weighted by Crippen LogP contribution is 2.25. The molecule has 1 N–H and O–H groups in total. The van der Waals surface area contributed by atoms with Gasteiger partial charge in [0.25, 0.3) is 11.6 Å². The van der Waals surface area contributed by atoms with E-state index in [1.54, 1.807) is 0 Å². The molecule has 102 valence electrons. The molecule has 0 fully saturated rings. The van der Waals surface area contributed by atoms with Gasteiger partial charge in [-0.3, -0.25) is 14.9 Å². The highest BCUT2D eigenvalue weighted by Gasteiger charge is 2.15. The zero-order valence-electron chi connectivity index (χ0n) is 10.4. The second-order valence-electron chi connectivity index (χ2n) is 4.09. The summed E-state index contributed by atoms with van der Waals surface area (Å²) in [6.45, 7) is 0.379. The average molecular weight is 335 g/mol. The van der Waals surface area contributed by atoms with Crippen molar-refractivity contribution in [2.24, 2.45) is 0 Å². The third-order valence-electron chi connectivity index (χ3n) is 2.70. The Morgan fingerprint density at radius 3 is 2.55 bits per heavy atom. The third kappa shape index (κ3) is 3.42. The van der Waals surface area contributed by atoms with Gasteiger partial charge in [0.2, 0.25) is 0 Å². The molecule has 5 nitrogen and oxygen atoms in total. The third-order valence-corrected chi connectivity index (χ3v) is 3.37. The van der Waals surface area contributed by atoms with E-state index in [-0.39, 0.29) is 17.2 Å². The van der Waals surface area contributed by atoms with Gasteiger partial charge in [0, 0.05) is 18.2 Å². The smallest absolute Gasteiger partial charge is 0.284 e. The maximum absolute atomic E-state index is 12.0. The highest BCUT2D eigenvalue weighted by atomic mass is 79.9. The standard InChI is InChI=1S/C14H11BrN2O3/c15-12-7-6-11(8-13(12)17(19)20)14(18)16-9-10-4-2-1-3-5-10/h1-8H,9H2,(H,16,18). The number of rotatable bonds is 4. The number of hydrogen-bond donors (Lipinski definition) is 1. The van der Waals surface area contributed by atoms with Gasteiger partial charge in [0.15, 0.2) is 0 Å². The first-order valence-electron chi connectivity index (χ1n) is 5.84. The maximum Gasteiger partial charge on any atom is 0.284 e. The van der Waals surface area contributed by atoms with Crippen molar-refractivity contribution in [1.82, 2.24) is 5.32 Å². The molecule has 0 aliphatic carbocycles. The van der Waals surface area contributed by atoms with Gasteiger partial charge < -0.3 is 5.32 Å². The topological polar surface area (TPSA) is 72.2 Å². The molecule has 0 spiro atoms. The van der Waals surface area contributed by atoms with Crippen LogP contribution in [0.2, 0.25) is 0 Å². The van der Waals surface area contributed by atoms with Crippen molar-refractivity contribution in [2.45, 2.75) is 6.54 Å². The summed E-state index contributed by atoms with van der Waals surface area (Å²) in [7, 11) is 0. The molecule has 2 aromatic rings. The minimum atomic E-state index is -0.530. The molecule has 0 atom stereocenters. The summed E-state index contributed by atoms with van der Waals surface area (Å²) < 4.78 is 0.349. The number of amides is 1. The first-order chi connectivity index (χ1) is 9.58. The summed E-state index contributed by atoms with van der Waals surface area (Å²) in [5, 5.41) is 13.5. The number of nitro groups is 1. The number of carbonyl (C=O) groups excluding carboxylic acids is 1. The molecule has 0 aliphatic heterocycles. The molecule has 6 heteroatoms. The van der Waals surface area contributed by atoms with Gasteiger partial charge in [-0.05, 0) is 33.6 Å². The molecule has 2 rings (SSSR count). The van der Waals surface area contributed by atoms with E-state index in [0.29, 0.717) is 11.0 Å². The van der Waals surface area contributed by atoms with Crippen LogP contribution in [0.4, 0.5) is 5.69 Å². The van der Waals surface area contributed by atoms with Crippen molar-refractivity contribution in [3.63, 3.8) is 0 Å². The number of nitro benzene ring substituents is 1. The molecule has 0 aliphatic rings. The predicted molar refractivity (Wildman–Crippen MR) is 78.4 cm³/mol. The average Bonchev–Trinajstić information content (AvgIpc) is 2.46. The molecule has 0 saturated carbocycles. The predicted octanol–water partition coefficient (Wildman–Crippen LogP) is 3.29.